The monoisotopic (exact) mass is 260 g/mol. The summed E-state index contributed by atoms with van der Waals surface area (Å²) >= 11 is 1.68. The van der Waals surface area contributed by atoms with Gasteiger partial charge < -0.3 is 10.5 Å². The van der Waals surface area contributed by atoms with E-state index in [1.807, 2.05) is 13.0 Å². The van der Waals surface area contributed by atoms with Crippen molar-refractivity contribution in [2.45, 2.75) is 25.8 Å². The average Bonchev–Trinajstić information content (AvgIpc) is 2.95. The Bertz CT molecular complexity index is 563. The number of thiazole rings is 1. The van der Waals surface area contributed by atoms with E-state index in [0.717, 1.165) is 35.9 Å². The third kappa shape index (κ3) is 2.26. The van der Waals surface area contributed by atoms with Crippen LogP contribution >= 0.6 is 11.3 Å². The average molecular weight is 260 g/mol. The second-order valence-electron chi connectivity index (χ2n) is 4.75. The number of nitrogens with two attached hydrogens (primary N) is 1. The van der Waals surface area contributed by atoms with Crippen LogP contribution in [0.1, 0.15) is 18.2 Å². The molecule has 3 nitrogen and oxygen atoms in total. The Morgan fingerprint density at radius 2 is 2.39 bits per heavy atom. The van der Waals surface area contributed by atoms with Gasteiger partial charge in [-0.05, 0) is 30.7 Å². The summed E-state index contributed by atoms with van der Waals surface area (Å²) in [6, 6.07) is 6.48. The Balaban J connectivity index is 1.88. The first-order chi connectivity index (χ1) is 8.72. The molecule has 1 aromatic carbocycles. The second kappa shape index (κ2) is 4.71. The van der Waals surface area contributed by atoms with Gasteiger partial charge in [0.05, 0.1) is 12.3 Å². The summed E-state index contributed by atoms with van der Waals surface area (Å²) in [5.41, 5.74) is 9.35. The molecule has 1 aromatic heterocycles. The highest BCUT2D eigenvalue weighted by Gasteiger charge is 2.14. The fraction of sp³-hybridized carbons (Fsp3) is 0.357. The summed E-state index contributed by atoms with van der Waals surface area (Å²) in [7, 11) is 0. The lowest BCUT2D eigenvalue weighted by atomic mass is 10.1. The molecule has 0 bridgehead atoms. The van der Waals surface area contributed by atoms with E-state index in [1.54, 1.807) is 11.3 Å². The molecule has 1 aliphatic heterocycles. The van der Waals surface area contributed by atoms with Crippen LogP contribution in [0.25, 0.3) is 10.6 Å². The van der Waals surface area contributed by atoms with Crippen molar-refractivity contribution in [3.63, 3.8) is 0 Å². The molecule has 1 aliphatic rings. The lowest BCUT2D eigenvalue weighted by Crippen LogP contribution is -2.17. The molecule has 1 unspecified atom stereocenters. The lowest BCUT2D eigenvalue weighted by molar-refractivity contribution is 0.357. The second-order valence-corrected chi connectivity index (χ2v) is 5.60. The fourth-order valence-electron chi connectivity index (χ4n) is 2.18. The molecule has 2 N–H and O–H groups in total. The zero-order valence-corrected chi connectivity index (χ0v) is 11.2. The Morgan fingerprint density at radius 1 is 1.50 bits per heavy atom. The molecule has 3 rings (SSSR count). The van der Waals surface area contributed by atoms with Gasteiger partial charge in [0, 0.05) is 29.8 Å². The normalized spacial score (nSPS) is 15.2. The Kier molecular flexibility index (Phi) is 3.06. The number of benzene rings is 1. The molecule has 0 radical (unpaired) electrons. The molecule has 0 aliphatic carbocycles. The molecule has 2 heterocycles. The van der Waals surface area contributed by atoms with E-state index in [-0.39, 0.29) is 6.04 Å². The van der Waals surface area contributed by atoms with Crippen LogP contribution in [0.5, 0.6) is 5.75 Å². The highest BCUT2D eigenvalue weighted by atomic mass is 32.1. The number of ether oxygens (including phenoxy) is 1. The van der Waals surface area contributed by atoms with Crippen LogP contribution in [0.15, 0.2) is 23.6 Å². The van der Waals surface area contributed by atoms with Crippen molar-refractivity contribution in [3.8, 4) is 16.3 Å². The zero-order valence-electron chi connectivity index (χ0n) is 10.3. The van der Waals surface area contributed by atoms with Crippen molar-refractivity contribution in [3.05, 3.63) is 34.8 Å². The van der Waals surface area contributed by atoms with Gasteiger partial charge in [-0.2, -0.15) is 0 Å². The molecule has 0 saturated carbocycles. The smallest absolute Gasteiger partial charge is 0.123 e. The van der Waals surface area contributed by atoms with E-state index >= 15 is 0 Å². The highest BCUT2D eigenvalue weighted by molar-refractivity contribution is 7.13. The van der Waals surface area contributed by atoms with E-state index < -0.39 is 0 Å². The van der Waals surface area contributed by atoms with E-state index in [9.17, 15) is 0 Å². The number of aromatic nitrogens is 1. The van der Waals surface area contributed by atoms with Crippen molar-refractivity contribution >= 4 is 11.3 Å². The predicted octanol–water partition coefficient (Wildman–Crippen LogP) is 2.63. The van der Waals surface area contributed by atoms with Crippen molar-refractivity contribution < 1.29 is 4.74 Å². The third-order valence-electron chi connectivity index (χ3n) is 3.02. The molecule has 4 heteroatoms. The molecule has 18 heavy (non-hydrogen) atoms. The maximum Gasteiger partial charge on any atom is 0.123 e. The standard InChI is InChI=1S/C14H16N2OS/c1-9(15)6-12-8-18-14(16-12)11-2-3-13-10(7-11)4-5-17-13/h2-3,7-9H,4-6,15H2,1H3. The highest BCUT2D eigenvalue weighted by Crippen LogP contribution is 2.31. The Labute approximate surface area is 111 Å². The van der Waals surface area contributed by atoms with E-state index in [1.165, 1.54) is 11.1 Å². The first-order valence-corrected chi connectivity index (χ1v) is 7.06. The molecular weight excluding hydrogens is 244 g/mol. The predicted molar refractivity (Wildman–Crippen MR) is 74.1 cm³/mol. The molecule has 2 aromatic rings. The first-order valence-electron chi connectivity index (χ1n) is 6.18. The molecule has 1 atom stereocenters. The number of hydrogen-bond donors (Lipinski definition) is 1. The molecule has 0 amide bonds. The van der Waals surface area contributed by atoms with Crippen LogP contribution in [0, 0.1) is 0 Å². The van der Waals surface area contributed by atoms with Crippen LogP contribution in [0.3, 0.4) is 0 Å². The summed E-state index contributed by atoms with van der Waals surface area (Å²) < 4.78 is 5.51. The van der Waals surface area contributed by atoms with Crippen molar-refractivity contribution in [2.24, 2.45) is 5.73 Å². The SMILES string of the molecule is CC(N)Cc1csc(-c2ccc3c(c2)CCO3)n1. The largest absolute Gasteiger partial charge is 0.493 e. The summed E-state index contributed by atoms with van der Waals surface area (Å²) in [5.74, 6) is 1.02. The zero-order chi connectivity index (χ0) is 12.5. The van der Waals surface area contributed by atoms with Gasteiger partial charge in [0.25, 0.3) is 0 Å². The van der Waals surface area contributed by atoms with E-state index in [4.69, 9.17) is 10.5 Å². The van der Waals surface area contributed by atoms with Crippen molar-refractivity contribution in [1.82, 2.24) is 4.98 Å². The minimum absolute atomic E-state index is 0.161. The molecule has 0 saturated heterocycles. The van der Waals surface area contributed by atoms with Crippen molar-refractivity contribution in [1.29, 1.82) is 0 Å². The van der Waals surface area contributed by atoms with Crippen LogP contribution in [0.4, 0.5) is 0 Å². The molecular formula is C14H16N2OS. The van der Waals surface area contributed by atoms with Gasteiger partial charge in [0.2, 0.25) is 0 Å². The van der Waals surface area contributed by atoms with Gasteiger partial charge in [0.15, 0.2) is 0 Å². The summed E-state index contributed by atoms with van der Waals surface area (Å²) in [5, 5.41) is 3.17. The fourth-order valence-corrected chi connectivity index (χ4v) is 3.01. The quantitative estimate of drug-likeness (QED) is 0.923. The lowest BCUT2D eigenvalue weighted by Gasteiger charge is -2.02. The minimum atomic E-state index is 0.161. The van der Waals surface area contributed by atoms with Crippen LogP contribution in [-0.4, -0.2) is 17.6 Å². The van der Waals surface area contributed by atoms with Gasteiger partial charge in [-0.15, -0.1) is 11.3 Å². The first kappa shape index (κ1) is 11.7. The minimum Gasteiger partial charge on any atom is -0.493 e. The van der Waals surface area contributed by atoms with E-state index in [2.05, 4.69) is 22.5 Å². The maximum atomic E-state index is 5.79. The number of fused-ring (bicyclic) bond motifs is 1. The van der Waals surface area contributed by atoms with Crippen LogP contribution in [-0.2, 0) is 12.8 Å². The topological polar surface area (TPSA) is 48.1 Å². The van der Waals surface area contributed by atoms with Crippen molar-refractivity contribution in [2.75, 3.05) is 6.61 Å². The molecule has 94 valence electrons. The van der Waals surface area contributed by atoms with Gasteiger partial charge >= 0.3 is 0 Å². The number of nitrogens with zero attached hydrogens (tertiary/aromatic N) is 1. The number of hydrogen-bond acceptors (Lipinski definition) is 4. The van der Waals surface area contributed by atoms with Gasteiger partial charge in [0.1, 0.15) is 10.8 Å². The Hall–Kier alpha value is -1.39. The molecule has 0 spiro atoms. The third-order valence-corrected chi connectivity index (χ3v) is 3.96. The Morgan fingerprint density at radius 3 is 3.22 bits per heavy atom. The van der Waals surface area contributed by atoms with Gasteiger partial charge in [-0.3, -0.25) is 0 Å². The molecule has 0 fully saturated rings. The number of rotatable bonds is 3. The van der Waals surface area contributed by atoms with Gasteiger partial charge in [-0.1, -0.05) is 0 Å². The van der Waals surface area contributed by atoms with Gasteiger partial charge in [-0.25, -0.2) is 4.98 Å². The summed E-state index contributed by atoms with van der Waals surface area (Å²) in [6.07, 6.45) is 1.84. The van der Waals surface area contributed by atoms with Crippen LogP contribution in [0.2, 0.25) is 0 Å². The summed E-state index contributed by atoms with van der Waals surface area (Å²) in [4.78, 5) is 4.64. The maximum absolute atomic E-state index is 5.79. The van der Waals surface area contributed by atoms with Crippen LogP contribution < -0.4 is 10.5 Å². The van der Waals surface area contributed by atoms with E-state index in [0.29, 0.717) is 0 Å². The summed E-state index contributed by atoms with van der Waals surface area (Å²) in [6.45, 7) is 2.80.